The lowest BCUT2D eigenvalue weighted by molar-refractivity contribution is 0.0957. The number of carbonyl (C=O) groups is 1. The monoisotopic (exact) mass is 274 g/mol. The molecule has 0 fully saturated rings. The molecule has 0 unspecified atom stereocenters. The minimum Gasteiger partial charge on any atom is -0.347 e. The van der Waals surface area contributed by atoms with Gasteiger partial charge in [0.15, 0.2) is 0 Å². The van der Waals surface area contributed by atoms with E-state index >= 15 is 0 Å². The van der Waals surface area contributed by atoms with E-state index < -0.39 is 0 Å². The number of carbonyl (C=O) groups excluding carboxylic acids is 1. The van der Waals surface area contributed by atoms with Gasteiger partial charge in [0.2, 0.25) is 0 Å². The fourth-order valence-electron chi connectivity index (χ4n) is 0.827. The third-order valence-corrected chi connectivity index (χ3v) is 2.03. The maximum absolute atomic E-state index is 11.5. The minimum absolute atomic E-state index is 0.199. The number of hydrogen-bond acceptors (Lipinski definition) is 2. The van der Waals surface area contributed by atoms with E-state index in [1.54, 1.807) is 12.1 Å². The summed E-state index contributed by atoms with van der Waals surface area (Å²) in [5, 5.41) is 2.83. The van der Waals surface area contributed by atoms with Crippen LogP contribution in [0.15, 0.2) is 29.4 Å². The minimum atomic E-state index is -0.260. The van der Waals surface area contributed by atoms with E-state index in [0.29, 0.717) is 16.6 Å². The Hall–Kier alpha value is -0.870. The normalized spacial score (nSPS) is 9.57. The molecule has 5 heteroatoms. The van der Waals surface area contributed by atoms with Crippen molar-refractivity contribution in [2.75, 3.05) is 6.54 Å². The smallest absolute Gasteiger partial charge is 0.254 e. The Bertz CT molecular complexity index is 368. The van der Waals surface area contributed by atoms with E-state index in [2.05, 4.69) is 32.8 Å². The molecule has 0 aromatic carbocycles. The van der Waals surface area contributed by atoms with Crippen LogP contribution in [-0.2, 0) is 0 Å². The van der Waals surface area contributed by atoms with Crippen molar-refractivity contribution in [2.24, 2.45) is 0 Å². The van der Waals surface area contributed by atoms with E-state index in [1.165, 1.54) is 6.20 Å². The second-order valence-electron chi connectivity index (χ2n) is 2.54. The summed E-state index contributed by atoms with van der Waals surface area (Å²) >= 11 is 8.86. The lowest BCUT2D eigenvalue weighted by Crippen LogP contribution is -2.24. The van der Waals surface area contributed by atoms with Crippen LogP contribution in [-0.4, -0.2) is 17.4 Å². The van der Waals surface area contributed by atoms with E-state index in [4.69, 9.17) is 11.6 Å². The van der Waals surface area contributed by atoms with Gasteiger partial charge in [-0.3, -0.25) is 4.79 Å². The molecule has 0 saturated carbocycles. The molecule has 1 N–H and O–H groups in total. The summed E-state index contributed by atoms with van der Waals surface area (Å²) in [5.41, 5.74) is 0.364. The zero-order chi connectivity index (χ0) is 10.6. The van der Waals surface area contributed by atoms with E-state index in [9.17, 15) is 4.79 Å². The lowest BCUT2D eigenvalue weighted by atomic mass is 10.2. The first-order chi connectivity index (χ1) is 6.61. The van der Waals surface area contributed by atoms with Gasteiger partial charge >= 0.3 is 0 Å². The average molecular weight is 276 g/mol. The Morgan fingerprint density at radius 3 is 3.00 bits per heavy atom. The van der Waals surface area contributed by atoms with Gasteiger partial charge in [-0.1, -0.05) is 34.1 Å². The van der Waals surface area contributed by atoms with Gasteiger partial charge in [0, 0.05) is 17.2 Å². The number of hydrogen-bond donors (Lipinski definition) is 1. The van der Waals surface area contributed by atoms with Crippen LogP contribution in [0.3, 0.4) is 0 Å². The molecule has 0 radical (unpaired) electrons. The van der Waals surface area contributed by atoms with Crippen LogP contribution >= 0.6 is 27.5 Å². The highest BCUT2D eigenvalue weighted by Crippen LogP contribution is 2.11. The average Bonchev–Trinajstić information content (AvgIpc) is 2.15. The fraction of sp³-hybridized carbons (Fsp3) is 0.111. The molecule has 74 valence electrons. The fourth-order valence-corrected chi connectivity index (χ4v) is 1.17. The van der Waals surface area contributed by atoms with Crippen molar-refractivity contribution in [1.29, 1.82) is 0 Å². The number of aromatic nitrogens is 1. The lowest BCUT2D eigenvalue weighted by Gasteiger charge is -2.04. The molecule has 1 aromatic heterocycles. The third kappa shape index (κ3) is 3.12. The molecule has 3 nitrogen and oxygen atoms in total. The molecular weight excluding hydrogens is 267 g/mol. The topological polar surface area (TPSA) is 42.0 Å². The maximum Gasteiger partial charge on any atom is 0.254 e. The van der Waals surface area contributed by atoms with Crippen molar-refractivity contribution in [2.45, 2.75) is 0 Å². The number of nitrogens with one attached hydrogen (secondary N) is 1. The number of amides is 1. The van der Waals surface area contributed by atoms with Gasteiger partial charge in [0.1, 0.15) is 5.15 Å². The van der Waals surface area contributed by atoms with Gasteiger partial charge in [0.25, 0.3) is 5.91 Å². The summed E-state index contributed by atoms with van der Waals surface area (Å²) < 4.78 is 0.700. The van der Waals surface area contributed by atoms with Crippen LogP contribution in [0.5, 0.6) is 0 Å². The van der Waals surface area contributed by atoms with Gasteiger partial charge in [-0.25, -0.2) is 4.98 Å². The first-order valence-corrected chi connectivity index (χ1v) is 5.00. The molecule has 0 aliphatic rings. The quantitative estimate of drug-likeness (QED) is 0.861. The molecule has 0 aliphatic heterocycles. The summed E-state index contributed by atoms with van der Waals surface area (Å²) in [6.07, 6.45) is 1.53. The SMILES string of the molecule is C=C(Br)CNC(=O)c1cccnc1Cl. The standard InChI is InChI=1S/C9H8BrClN2O/c1-6(10)5-13-9(14)7-3-2-4-12-8(7)11/h2-4H,1,5H2,(H,13,14). The van der Waals surface area contributed by atoms with Gasteiger partial charge in [-0.2, -0.15) is 0 Å². The van der Waals surface area contributed by atoms with Crippen molar-refractivity contribution >= 4 is 33.4 Å². The number of pyridine rings is 1. The molecule has 0 aliphatic carbocycles. The number of halogens is 2. The van der Waals surface area contributed by atoms with Crippen LogP contribution in [0.4, 0.5) is 0 Å². The maximum atomic E-state index is 11.5. The van der Waals surface area contributed by atoms with Crippen LogP contribution in [0, 0.1) is 0 Å². The van der Waals surface area contributed by atoms with Crippen LogP contribution in [0.25, 0.3) is 0 Å². The largest absolute Gasteiger partial charge is 0.347 e. The molecule has 1 heterocycles. The predicted molar refractivity (Wildman–Crippen MR) is 59.6 cm³/mol. The molecule has 0 atom stereocenters. The zero-order valence-corrected chi connectivity index (χ0v) is 9.60. The highest BCUT2D eigenvalue weighted by Gasteiger charge is 2.09. The van der Waals surface area contributed by atoms with Crippen LogP contribution < -0.4 is 5.32 Å². The van der Waals surface area contributed by atoms with Gasteiger partial charge in [0.05, 0.1) is 5.56 Å². The van der Waals surface area contributed by atoms with E-state index in [0.717, 1.165) is 0 Å². The number of rotatable bonds is 3. The van der Waals surface area contributed by atoms with Crippen molar-refractivity contribution < 1.29 is 4.79 Å². The molecule has 14 heavy (non-hydrogen) atoms. The zero-order valence-electron chi connectivity index (χ0n) is 7.26. The first-order valence-electron chi connectivity index (χ1n) is 3.83. The Balaban J connectivity index is 2.70. The van der Waals surface area contributed by atoms with Crippen molar-refractivity contribution in [3.63, 3.8) is 0 Å². The Kier molecular flexibility index (Phi) is 4.10. The predicted octanol–water partition coefficient (Wildman–Crippen LogP) is 2.37. The molecular formula is C9H8BrClN2O. The number of nitrogens with zero attached hydrogens (tertiary/aromatic N) is 1. The first kappa shape index (κ1) is 11.2. The summed E-state index contributed by atoms with van der Waals surface area (Å²) in [4.78, 5) is 15.3. The van der Waals surface area contributed by atoms with Gasteiger partial charge < -0.3 is 5.32 Å². The molecule has 0 spiro atoms. The summed E-state index contributed by atoms with van der Waals surface area (Å²) in [6, 6.07) is 3.27. The molecule has 1 amide bonds. The Morgan fingerprint density at radius 2 is 2.43 bits per heavy atom. The Labute approximate surface area is 95.3 Å². The third-order valence-electron chi connectivity index (χ3n) is 1.44. The second kappa shape index (κ2) is 5.12. The van der Waals surface area contributed by atoms with Crippen molar-refractivity contribution in [3.05, 3.63) is 40.1 Å². The van der Waals surface area contributed by atoms with Gasteiger partial charge in [-0.05, 0) is 12.1 Å². The van der Waals surface area contributed by atoms with E-state index in [1.807, 2.05) is 0 Å². The molecule has 1 aromatic rings. The van der Waals surface area contributed by atoms with Crippen LogP contribution in [0.1, 0.15) is 10.4 Å². The molecule has 0 saturated heterocycles. The summed E-state index contributed by atoms with van der Waals surface area (Å²) in [5.74, 6) is -0.260. The molecule has 1 rings (SSSR count). The van der Waals surface area contributed by atoms with Crippen molar-refractivity contribution in [1.82, 2.24) is 10.3 Å². The van der Waals surface area contributed by atoms with Gasteiger partial charge in [-0.15, -0.1) is 0 Å². The van der Waals surface area contributed by atoms with E-state index in [-0.39, 0.29) is 11.1 Å². The van der Waals surface area contributed by atoms with Crippen LogP contribution in [0.2, 0.25) is 5.15 Å². The van der Waals surface area contributed by atoms with Crippen molar-refractivity contribution in [3.8, 4) is 0 Å². The highest BCUT2D eigenvalue weighted by molar-refractivity contribution is 9.11. The summed E-state index contributed by atoms with van der Waals surface area (Å²) in [7, 11) is 0. The summed E-state index contributed by atoms with van der Waals surface area (Å²) in [6.45, 7) is 3.96. The highest BCUT2D eigenvalue weighted by atomic mass is 79.9. The second-order valence-corrected chi connectivity index (χ2v) is 4.02. The molecule has 0 bridgehead atoms. The Morgan fingerprint density at radius 1 is 1.71 bits per heavy atom.